The quantitative estimate of drug-likeness (QED) is 0.637. The molecule has 0 unspecified atom stereocenters. The van der Waals surface area contributed by atoms with Crippen molar-refractivity contribution in [3.63, 3.8) is 0 Å². The molecule has 8 heteroatoms. The van der Waals surface area contributed by atoms with Crippen LogP contribution in [-0.4, -0.2) is 40.1 Å². The van der Waals surface area contributed by atoms with Crippen molar-refractivity contribution in [1.82, 2.24) is 9.62 Å². The van der Waals surface area contributed by atoms with Crippen molar-refractivity contribution >= 4 is 16.1 Å². The van der Waals surface area contributed by atoms with E-state index in [4.69, 9.17) is 9.47 Å². The molecule has 1 aliphatic rings. The summed E-state index contributed by atoms with van der Waals surface area (Å²) in [6.45, 7) is 0.345. The van der Waals surface area contributed by atoms with Crippen LogP contribution in [0.25, 0.3) is 0 Å². The molecule has 1 heterocycles. The Balaban J connectivity index is 1.75. The van der Waals surface area contributed by atoms with Gasteiger partial charge in [0.2, 0.25) is 0 Å². The van der Waals surface area contributed by atoms with Crippen molar-refractivity contribution in [1.29, 1.82) is 0 Å². The van der Waals surface area contributed by atoms with E-state index in [9.17, 15) is 13.2 Å². The summed E-state index contributed by atoms with van der Waals surface area (Å²) in [5.74, 6) is 1.16. The lowest BCUT2D eigenvalue weighted by Crippen LogP contribution is -2.47. The molecule has 4 rings (SSSR count). The van der Waals surface area contributed by atoms with E-state index < -0.39 is 22.1 Å². The Morgan fingerprint density at radius 3 is 2.16 bits per heavy atom. The number of rotatable bonds is 5. The number of fused-ring (bicyclic) bond motifs is 1. The van der Waals surface area contributed by atoms with E-state index in [0.717, 1.165) is 16.7 Å². The molecule has 1 aliphatic heterocycles. The monoisotopic (exact) mass is 452 g/mol. The van der Waals surface area contributed by atoms with Gasteiger partial charge in [-0.2, -0.15) is 0 Å². The van der Waals surface area contributed by atoms with E-state index in [1.165, 1.54) is 12.1 Å². The van der Waals surface area contributed by atoms with Crippen LogP contribution in [0.4, 0.5) is 4.79 Å². The second-order valence-corrected chi connectivity index (χ2v) is 9.07. The molecule has 32 heavy (non-hydrogen) atoms. The molecule has 0 radical (unpaired) electrons. The number of sulfonamides is 1. The predicted octanol–water partition coefficient (Wildman–Crippen LogP) is 3.75. The summed E-state index contributed by atoms with van der Waals surface area (Å²) in [4.78, 5) is 14.8. The Morgan fingerprint density at radius 2 is 1.53 bits per heavy atom. The van der Waals surface area contributed by atoms with Gasteiger partial charge in [-0.1, -0.05) is 48.5 Å². The molecule has 0 saturated carbocycles. The maximum absolute atomic E-state index is 13.2. The van der Waals surface area contributed by atoms with Gasteiger partial charge in [0.15, 0.2) is 11.5 Å². The number of benzene rings is 3. The third-order valence-electron chi connectivity index (χ3n) is 5.53. The van der Waals surface area contributed by atoms with Crippen LogP contribution < -0.4 is 14.2 Å². The fraction of sp³-hybridized carbons (Fsp3) is 0.208. The third-order valence-corrected chi connectivity index (χ3v) is 6.86. The minimum absolute atomic E-state index is 0.0356. The highest BCUT2D eigenvalue weighted by atomic mass is 32.2. The molecule has 0 aliphatic carbocycles. The molecule has 0 bridgehead atoms. The second kappa shape index (κ2) is 8.92. The van der Waals surface area contributed by atoms with Gasteiger partial charge in [0.1, 0.15) is 0 Å². The van der Waals surface area contributed by atoms with Gasteiger partial charge in [-0.25, -0.2) is 17.9 Å². The third kappa shape index (κ3) is 4.13. The summed E-state index contributed by atoms with van der Waals surface area (Å²) in [6, 6.07) is 20.0. The average molecular weight is 453 g/mol. The fourth-order valence-corrected chi connectivity index (χ4v) is 4.97. The van der Waals surface area contributed by atoms with Crippen LogP contribution in [0.3, 0.4) is 0 Å². The van der Waals surface area contributed by atoms with Crippen molar-refractivity contribution in [3.05, 3.63) is 89.5 Å². The summed E-state index contributed by atoms with van der Waals surface area (Å²) >= 11 is 0. The molecule has 7 nitrogen and oxygen atoms in total. The van der Waals surface area contributed by atoms with Gasteiger partial charge in [0.05, 0.1) is 25.2 Å². The molecule has 0 spiro atoms. The molecule has 166 valence electrons. The van der Waals surface area contributed by atoms with Gasteiger partial charge in [-0.15, -0.1) is 0 Å². The van der Waals surface area contributed by atoms with Crippen LogP contribution in [0.2, 0.25) is 0 Å². The zero-order valence-electron chi connectivity index (χ0n) is 17.8. The molecule has 1 N–H and O–H groups in total. The lowest BCUT2D eigenvalue weighted by Gasteiger charge is -2.38. The van der Waals surface area contributed by atoms with Crippen molar-refractivity contribution in [2.24, 2.45) is 0 Å². The summed E-state index contributed by atoms with van der Waals surface area (Å²) in [5, 5.41) is 0. The Morgan fingerprint density at radius 1 is 0.938 bits per heavy atom. The zero-order chi connectivity index (χ0) is 22.7. The van der Waals surface area contributed by atoms with Crippen molar-refractivity contribution < 1.29 is 22.7 Å². The smallest absolute Gasteiger partial charge is 0.332 e. The zero-order valence-corrected chi connectivity index (χ0v) is 18.6. The van der Waals surface area contributed by atoms with Gasteiger partial charge in [0.25, 0.3) is 10.0 Å². The number of ether oxygens (including phenoxy) is 2. The Labute approximate surface area is 187 Å². The second-order valence-electron chi connectivity index (χ2n) is 7.39. The number of hydrogen-bond donors (Lipinski definition) is 1. The first-order chi connectivity index (χ1) is 15.4. The van der Waals surface area contributed by atoms with Gasteiger partial charge in [0, 0.05) is 6.54 Å². The van der Waals surface area contributed by atoms with E-state index in [1.54, 1.807) is 37.3 Å². The average Bonchev–Trinajstić information content (AvgIpc) is 2.83. The standard InChI is InChI=1S/C24H24N2O5S/c1-30-21-15-18-13-14-26(24(27)25-32(28,29)19-11-7-4-8-12-19)23(17-9-5-3-6-10-17)20(18)16-22(21)31-2/h3-12,15-16,23H,13-14H2,1-2H3,(H,25,27)/t23-/m0/s1. The Hall–Kier alpha value is -3.52. The van der Waals surface area contributed by atoms with E-state index in [-0.39, 0.29) is 4.90 Å². The predicted molar refractivity (Wildman–Crippen MR) is 120 cm³/mol. The number of urea groups is 1. The highest BCUT2D eigenvalue weighted by molar-refractivity contribution is 7.90. The number of amides is 2. The molecule has 2 amide bonds. The maximum atomic E-state index is 13.2. The number of carbonyl (C=O) groups is 1. The lowest BCUT2D eigenvalue weighted by atomic mass is 9.88. The number of hydrogen-bond acceptors (Lipinski definition) is 5. The first-order valence-corrected chi connectivity index (χ1v) is 11.6. The summed E-state index contributed by atoms with van der Waals surface area (Å²) in [6.07, 6.45) is 0.553. The number of nitrogens with one attached hydrogen (secondary N) is 1. The van der Waals surface area contributed by atoms with Crippen molar-refractivity contribution in [2.75, 3.05) is 20.8 Å². The van der Waals surface area contributed by atoms with E-state index in [2.05, 4.69) is 4.72 Å². The van der Waals surface area contributed by atoms with Crippen LogP contribution in [0.15, 0.2) is 77.7 Å². The normalized spacial score (nSPS) is 15.6. The summed E-state index contributed by atoms with van der Waals surface area (Å²) in [7, 11) is -0.865. The first-order valence-electron chi connectivity index (χ1n) is 10.1. The Bertz CT molecular complexity index is 1210. The van der Waals surface area contributed by atoms with Crippen LogP contribution in [0.5, 0.6) is 11.5 Å². The largest absolute Gasteiger partial charge is 0.493 e. The molecule has 1 atom stereocenters. The van der Waals surface area contributed by atoms with Gasteiger partial charge >= 0.3 is 6.03 Å². The van der Waals surface area contributed by atoms with Gasteiger partial charge in [-0.05, 0) is 47.4 Å². The highest BCUT2D eigenvalue weighted by Crippen LogP contribution is 2.41. The molecule has 0 aromatic heterocycles. The van der Waals surface area contributed by atoms with Gasteiger partial charge in [-0.3, -0.25) is 0 Å². The number of carbonyl (C=O) groups excluding carboxylic acids is 1. The summed E-state index contributed by atoms with van der Waals surface area (Å²) in [5.41, 5.74) is 2.76. The minimum Gasteiger partial charge on any atom is -0.493 e. The summed E-state index contributed by atoms with van der Waals surface area (Å²) < 4.78 is 38.7. The van der Waals surface area contributed by atoms with Crippen LogP contribution >= 0.6 is 0 Å². The number of methoxy groups -OCH3 is 2. The number of nitrogens with zero attached hydrogens (tertiary/aromatic N) is 1. The maximum Gasteiger partial charge on any atom is 0.332 e. The topological polar surface area (TPSA) is 84.9 Å². The van der Waals surface area contributed by atoms with E-state index in [1.807, 2.05) is 42.5 Å². The van der Waals surface area contributed by atoms with Crippen LogP contribution in [0.1, 0.15) is 22.7 Å². The highest BCUT2D eigenvalue weighted by Gasteiger charge is 2.35. The van der Waals surface area contributed by atoms with Crippen LogP contribution in [-0.2, 0) is 16.4 Å². The lowest BCUT2D eigenvalue weighted by molar-refractivity contribution is 0.185. The van der Waals surface area contributed by atoms with E-state index >= 15 is 0 Å². The SMILES string of the molecule is COc1cc2c(cc1OC)[C@H](c1ccccc1)N(C(=O)NS(=O)(=O)c1ccccc1)CC2. The first kappa shape index (κ1) is 21.7. The molecule has 0 fully saturated rings. The van der Waals surface area contributed by atoms with Crippen LogP contribution in [0, 0.1) is 0 Å². The van der Waals surface area contributed by atoms with Gasteiger partial charge < -0.3 is 14.4 Å². The Kier molecular flexibility index (Phi) is 6.05. The molecule has 3 aromatic carbocycles. The molecular formula is C24H24N2O5S. The van der Waals surface area contributed by atoms with E-state index in [0.29, 0.717) is 24.5 Å². The molecule has 0 saturated heterocycles. The molecular weight excluding hydrogens is 428 g/mol. The minimum atomic E-state index is -4.00. The van der Waals surface area contributed by atoms with Crippen molar-refractivity contribution in [2.45, 2.75) is 17.4 Å². The fourth-order valence-electron chi connectivity index (χ4n) is 3.99. The molecule has 3 aromatic rings. The van der Waals surface area contributed by atoms with Crippen molar-refractivity contribution in [3.8, 4) is 11.5 Å².